The van der Waals surface area contributed by atoms with E-state index in [0.29, 0.717) is 11.3 Å². The number of rotatable bonds is 5. The zero-order valence-electron chi connectivity index (χ0n) is 10.0. The van der Waals surface area contributed by atoms with Gasteiger partial charge in [-0.3, -0.25) is 9.27 Å². The Morgan fingerprint density at radius 2 is 2.11 bits per heavy atom. The van der Waals surface area contributed by atoms with Gasteiger partial charge in [-0.05, 0) is 30.7 Å². The summed E-state index contributed by atoms with van der Waals surface area (Å²) in [6, 6.07) is 6.74. The van der Waals surface area contributed by atoms with Crippen LogP contribution in [0.4, 0.5) is 5.69 Å². The van der Waals surface area contributed by atoms with Crippen LogP contribution in [0.5, 0.6) is 0 Å². The van der Waals surface area contributed by atoms with E-state index >= 15 is 0 Å². The SMILES string of the molecule is CCCCc1cc2cc(NS(=O)(=O)O)ccc2o1. The van der Waals surface area contributed by atoms with Crippen molar-refractivity contribution in [3.8, 4) is 0 Å². The van der Waals surface area contributed by atoms with E-state index in [4.69, 9.17) is 8.97 Å². The molecule has 2 N–H and O–H groups in total. The molecule has 2 aromatic rings. The Morgan fingerprint density at radius 3 is 2.78 bits per heavy atom. The van der Waals surface area contributed by atoms with Crippen LogP contribution >= 0.6 is 0 Å². The highest BCUT2D eigenvalue weighted by molar-refractivity contribution is 7.87. The van der Waals surface area contributed by atoms with Gasteiger partial charge < -0.3 is 4.42 Å². The van der Waals surface area contributed by atoms with Gasteiger partial charge in [-0.1, -0.05) is 13.3 Å². The van der Waals surface area contributed by atoms with Crippen molar-refractivity contribution in [3.05, 3.63) is 30.0 Å². The van der Waals surface area contributed by atoms with Crippen molar-refractivity contribution in [1.29, 1.82) is 0 Å². The van der Waals surface area contributed by atoms with Crippen LogP contribution < -0.4 is 4.72 Å². The van der Waals surface area contributed by atoms with Crippen molar-refractivity contribution in [3.63, 3.8) is 0 Å². The van der Waals surface area contributed by atoms with Gasteiger partial charge in [-0.15, -0.1) is 0 Å². The molecule has 5 nitrogen and oxygen atoms in total. The summed E-state index contributed by atoms with van der Waals surface area (Å²) < 4.78 is 37.7. The lowest BCUT2D eigenvalue weighted by atomic mass is 10.2. The summed E-state index contributed by atoms with van der Waals surface area (Å²) in [5.41, 5.74) is 1.02. The van der Waals surface area contributed by atoms with Crippen molar-refractivity contribution in [1.82, 2.24) is 0 Å². The Morgan fingerprint density at radius 1 is 1.33 bits per heavy atom. The first-order valence-corrected chi connectivity index (χ1v) is 7.19. The quantitative estimate of drug-likeness (QED) is 0.818. The third-order valence-corrected chi connectivity index (χ3v) is 3.08. The maximum absolute atomic E-state index is 10.7. The lowest BCUT2D eigenvalue weighted by molar-refractivity contribution is 0.489. The molecule has 6 heteroatoms. The van der Waals surface area contributed by atoms with Crippen LogP contribution in [-0.4, -0.2) is 13.0 Å². The molecule has 18 heavy (non-hydrogen) atoms. The number of hydrogen-bond acceptors (Lipinski definition) is 3. The predicted octanol–water partition coefficient (Wildman–Crippen LogP) is 2.99. The molecule has 0 bridgehead atoms. The number of furan rings is 1. The van der Waals surface area contributed by atoms with Gasteiger partial charge in [-0.2, -0.15) is 8.42 Å². The van der Waals surface area contributed by atoms with Crippen LogP contribution in [0.3, 0.4) is 0 Å². The largest absolute Gasteiger partial charge is 0.461 e. The zero-order valence-corrected chi connectivity index (χ0v) is 10.8. The van der Waals surface area contributed by atoms with E-state index in [2.05, 4.69) is 6.92 Å². The predicted molar refractivity (Wildman–Crippen MR) is 70.0 cm³/mol. The highest BCUT2D eigenvalue weighted by Crippen LogP contribution is 2.24. The average molecular weight is 269 g/mol. The Bertz CT molecular complexity index is 645. The monoisotopic (exact) mass is 269 g/mol. The fourth-order valence-corrected chi connectivity index (χ4v) is 2.21. The number of nitrogens with one attached hydrogen (secondary N) is 1. The number of benzene rings is 1. The maximum Gasteiger partial charge on any atom is 0.357 e. The van der Waals surface area contributed by atoms with Crippen LogP contribution in [0.2, 0.25) is 0 Å². The molecule has 0 spiro atoms. The minimum atomic E-state index is -4.23. The van der Waals surface area contributed by atoms with Gasteiger partial charge in [0.25, 0.3) is 0 Å². The second-order valence-electron chi connectivity index (χ2n) is 4.15. The molecular formula is C12H15NO4S. The molecule has 98 valence electrons. The van der Waals surface area contributed by atoms with Gasteiger partial charge in [0.2, 0.25) is 0 Å². The Hall–Kier alpha value is -1.53. The van der Waals surface area contributed by atoms with E-state index < -0.39 is 10.3 Å². The molecule has 1 aromatic heterocycles. The van der Waals surface area contributed by atoms with Gasteiger partial charge >= 0.3 is 10.3 Å². The number of unbranched alkanes of at least 4 members (excludes halogenated alkanes) is 1. The molecule has 0 amide bonds. The molecule has 0 aliphatic heterocycles. The minimum Gasteiger partial charge on any atom is -0.461 e. The van der Waals surface area contributed by atoms with E-state index in [1.165, 1.54) is 0 Å². The second-order valence-corrected chi connectivity index (χ2v) is 5.30. The molecule has 0 aliphatic rings. The summed E-state index contributed by atoms with van der Waals surface area (Å²) in [7, 11) is -4.23. The average Bonchev–Trinajstić information content (AvgIpc) is 2.66. The van der Waals surface area contributed by atoms with E-state index in [1.54, 1.807) is 18.2 Å². The van der Waals surface area contributed by atoms with Gasteiger partial charge in [0.1, 0.15) is 11.3 Å². The lowest BCUT2D eigenvalue weighted by Gasteiger charge is -2.01. The summed E-state index contributed by atoms with van der Waals surface area (Å²) >= 11 is 0. The summed E-state index contributed by atoms with van der Waals surface area (Å²) in [6.45, 7) is 2.11. The minimum absolute atomic E-state index is 0.313. The van der Waals surface area contributed by atoms with Crippen LogP contribution in [0.1, 0.15) is 25.5 Å². The van der Waals surface area contributed by atoms with Gasteiger partial charge in [-0.25, -0.2) is 0 Å². The van der Waals surface area contributed by atoms with Crippen molar-refractivity contribution in [2.45, 2.75) is 26.2 Å². The van der Waals surface area contributed by atoms with Crippen LogP contribution in [0.25, 0.3) is 11.0 Å². The van der Waals surface area contributed by atoms with Crippen LogP contribution in [0.15, 0.2) is 28.7 Å². The van der Waals surface area contributed by atoms with E-state index in [0.717, 1.165) is 30.4 Å². The first-order valence-electron chi connectivity index (χ1n) is 5.75. The first-order chi connectivity index (χ1) is 8.48. The van der Waals surface area contributed by atoms with E-state index in [9.17, 15) is 8.42 Å². The summed E-state index contributed by atoms with van der Waals surface area (Å²) in [5, 5.41) is 0.815. The normalized spacial score (nSPS) is 11.9. The van der Waals surface area contributed by atoms with Crippen molar-refractivity contribution >= 4 is 27.0 Å². The molecule has 2 rings (SSSR count). The van der Waals surface area contributed by atoms with Crippen molar-refractivity contribution in [2.75, 3.05) is 4.72 Å². The lowest BCUT2D eigenvalue weighted by Crippen LogP contribution is -2.09. The van der Waals surface area contributed by atoms with Gasteiger partial charge in [0.05, 0.1) is 5.69 Å². The molecule has 0 aliphatic carbocycles. The Balaban J connectivity index is 2.28. The molecule has 0 radical (unpaired) electrons. The summed E-state index contributed by atoms with van der Waals surface area (Å²) in [4.78, 5) is 0. The number of anilines is 1. The van der Waals surface area contributed by atoms with Crippen molar-refractivity contribution in [2.24, 2.45) is 0 Å². The van der Waals surface area contributed by atoms with Crippen LogP contribution in [0, 0.1) is 0 Å². The molecular weight excluding hydrogens is 254 g/mol. The van der Waals surface area contributed by atoms with Gasteiger partial charge in [0.15, 0.2) is 0 Å². The summed E-state index contributed by atoms with van der Waals surface area (Å²) in [5.74, 6) is 0.885. The summed E-state index contributed by atoms with van der Waals surface area (Å²) in [6.07, 6.45) is 3.01. The molecule has 0 fully saturated rings. The molecule has 0 unspecified atom stereocenters. The molecule has 0 saturated heterocycles. The number of fused-ring (bicyclic) bond motifs is 1. The van der Waals surface area contributed by atoms with E-state index in [1.807, 2.05) is 10.8 Å². The fourth-order valence-electron chi connectivity index (χ4n) is 1.78. The number of aryl methyl sites for hydroxylation is 1. The fraction of sp³-hybridized carbons (Fsp3) is 0.333. The zero-order chi connectivity index (χ0) is 13.2. The van der Waals surface area contributed by atoms with E-state index in [-0.39, 0.29) is 0 Å². The third-order valence-electron chi connectivity index (χ3n) is 2.59. The Kier molecular flexibility index (Phi) is 3.58. The van der Waals surface area contributed by atoms with Crippen molar-refractivity contribution < 1.29 is 17.4 Å². The number of hydrogen-bond donors (Lipinski definition) is 2. The molecule has 1 aromatic carbocycles. The molecule has 0 atom stereocenters. The Labute approximate surface area is 106 Å². The first kappa shape index (κ1) is 12.9. The highest BCUT2D eigenvalue weighted by atomic mass is 32.2. The maximum atomic E-state index is 10.7. The van der Waals surface area contributed by atoms with Crippen LogP contribution in [-0.2, 0) is 16.7 Å². The smallest absolute Gasteiger partial charge is 0.357 e. The standard InChI is InChI=1S/C12H15NO4S/c1-2-3-4-11-8-9-7-10(13-18(14,15)16)5-6-12(9)17-11/h5-8,13H,2-4H2,1H3,(H,14,15,16). The van der Waals surface area contributed by atoms with Gasteiger partial charge in [0, 0.05) is 11.8 Å². The highest BCUT2D eigenvalue weighted by Gasteiger charge is 2.07. The topological polar surface area (TPSA) is 79.5 Å². The second kappa shape index (κ2) is 4.99. The third kappa shape index (κ3) is 3.24. The molecule has 1 heterocycles. The molecule has 0 saturated carbocycles.